The van der Waals surface area contributed by atoms with Crippen molar-refractivity contribution in [1.29, 1.82) is 5.26 Å². The Morgan fingerprint density at radius 3 is 2.47 bits per heavy atom. The second-order valence-corrected chi connectivity index (χ2v) is 5.28. The predicted octanol–water partition coefficient (Wildman–Crippen LogP) is 1.79. The first kappa shape index (κ1) is 13.5. The van der Waals surface area contributed by atoms with Gasteiger partial charge in [-0.1, -0.05) is 0 Å². The first-order valence-corrected chi connectivity index (χ1v) is 6.23. The minimum Gasteiger partial charge on any atom is -0.506 e. The van der Waals surface area contributed by atoms with Crippen LogP contribution in [-0.4, -0.2) is 20.1 Å². The molecule has 0 aliphatic heterocycles. The number of benzene rings is 1. The van der Waals surface area contributed by atoms with Crippen molar-refractivity contribution in [3.63, 3.8) is 0 Å². The highest BCUT2D eigenvalue weighted by Crippen LogP contribution is 2.33. The molecule has 1 rings (SSSR count). The zero-order chi connectivity index (χ0) is 13.2. The first-order valence-electron chi connectivity index (χ1n) is 3.92. The molecule has 0 fully saturated rings. The fourth-order valence-electron chi connectivity index (χ4n) is 1.03. The van der Waals surface area contributed by atoms with E-state index in [0.29, 0.717) is 12.1 Å². The van der Waals surface area contributed by atoms with Gasteiger partial charge in [0, 0.05) is 22.8 Å². The number of halogens is 3. The lowest BCUT2D eigenvalue weighted by molar-refractivity contribution is -0.0502. The lowest BCUT2D eigenvalue weighted by Crippen LogP contribution is -2.05. The van der Waals surface area contributed by atoms with Gasteiger partial charge in [0.15, 0.2) is 0 Å². The van der Waals surface area contributed by atoms with Gasteiger partial charge in [-0.3, -0.25) is 0 Å². The van der Waals surface area contributed by atoms with E-state index in [2.05, 4.69) is 4.74 Å². The fraction of sp³-hybridized carbons (Fsp3) is 0.125. The van der Waals surface area contributed by atoms with Crippen LogP contribution in [0.2, 0.25) is 0 Å². The topological polar surface area (TPSA) is 87.4 Å². The monoisotopic (exact) mass is 283 g/mol. The van der Waals surface area contributed by atoms with Gasteiger partial charge in [0.05, 0.1) is 5.56 Å². The number of alkyl halides is 2. The average Bonchev–Trinajstić information content (AvgIpc) is 2.17. The fourth-order valence-corrected chi connectivity index (χ4v) is 1.95. The maximum Gasteiger partial charge on any atom is 0.387 e. The minimum absolute atomic E-state index is 0.438. The second-order valence-electron chi connectivity index (χ2n) is 2.74. The molecule has 0 aromatic heterocycles. The van der Waals surface area contributed by atoms with Crippen LogP contribution in [0.4, 0.5) is 8.78 Å². The van der Waals surface area contributed by atoms with E-state index in [9.17, 15) is 22.3 Å². The summed E-state index contributed by atoms with van der Waals surface area (Å²) >= 11 is 0. The van der Waals surface area contributed by atoms with Crippen LogP contribution in [0.1, 0.15) is 5.56 Å². The second kappa shape index (κ2) is 4.73. The molecule has 0 unspecified atom stereocenters. The zero-order valence-corrected chi connectivity index (χ0v) is 9.47. The highest BCUT2D eigenvalue weighted by atomic mass is 35.7. The van der Waals surface area contributed by atoms with Crippen molar-refractivity contribution in [3.05, 3.63) is 17.7 Å². The maximum absolute atomic E-state index is 12.0. The van der Waals surface area contributed by atoms with Gasteiger partial charge in [-0.15, -0.1) is 0 Å². The molecule has 0 amide bonds. The van der Waals surface area contributed by atoms with Gasteiger partial charge in [0.2, 0.25) is 0 Å². The van der Waals surface area contributed by atoms with Gasteiger partial charge in [0.1, 0.15) is 22.5 Å². The molecule has 0 bridgehead atoms. The number of aromatic hydroxyl groups is 1. The quantitative estimate of drug-likeness (QED) is 0.855. The zero-order valence-electron chi connectivity index (χ0n) is 7.89. The Balaban J connectivity index is 3.45. The first-order chi connectivity index (χ1) is 7.75. The van der Waals surface area contributed by atoms with E-state index in [1.807, 2.05) is 0 Å². The normalized spacial score (nSPS) is 11.2. The van der Waals surface area contributed by atoms with Crippen molar-refractivity contribution in [2.45, 2.75) is 11.5 Å². The van der Waals surface area contributed by atoms with Crippen LogP contribution in [-0.2, 0) is 9.05 Å². The number of nitriles is 1. The summed E-state index contributed by atoms with van der Waals surface area (Å²) in [5, 5.41) is 17.8. The molecule has 92 valence electrons. The molecule has 1 aromatic rings. The molecular formula is C8H4ClF2NO4S. The highest BCUT2D eigenvalue weighted by Gasteiger charge is 2.21. The van der Waals surface area contributed by atoms with Crippen LogP contribution in [0.3, 0.4) is 0 Å². The van der Waals surface area contributed by atoms with E-state index in [1.54, 1.807) is 0 Å². The molecular weight excluding hydrogens is 280 g/mol. The van der Waals surface area contributed by atoms with E-state index >= 15 is 0 Å². The highest BCUT2D eigenvalue weighted by molar-refractivity contribution is 8.13. The van der Waals surface area contributed by atoms with Crippen LogP contribution in [0.5, 0.6) is 11.5 Å². The maximum atomic E-state index is 12.0. The largest absolute Gasteiger partial charge is 0.506 e. The third-order valence-corrected chi connectivity index (χ3v) is 3.01. The van der Waals surface area contributed by atoms with Gasteiger partial charge in [0.25, 0.3) is 9.05 Å². The van der Waals surface area contributed by atoms with E-state index in [4.69, 9.17) is 15.9 Å². The molecule has 9 heteroatoms. The van der Waals surface area contributed by atoms with Crippen LogP contribution in [0, 0.1) is 11.3 Å². The summed E-state index contributed by atoms with van der Waals surface area (Å²) in [6, 6.07) is 2.70. The molecule has 0 spiro atoms. The van der Waals surface area contributed by atoms with Gasteiger partial charge >= 0.3 is 6.61 Å². The summed E-state index contributed by atoms with van der Waals surface area (Å²) in [5.41, 5.74) is -0.438. The van der Waals surface area contributed by atoms with Gasteiger partial charge in [-0.25, -0.2) is 8.42 Å². The number of hydrogen-bond donors (Lipinski definition) is 1. The third-order valence-electron chi connectivity index (χ3n) is 1.66. The smallest absolute Gasteiger partial charge is 0.387 e. The lowest BCUT2D eigenvalue weighted by atomic mass is 10.2. The lowest BCUT2D eigenvalue weighted by Gasteiger charge is -2.08. The van der Waals surface area contributed by atoms with Crippen molar-refractivity contribution in [2.75, 3.05) is 0 Å². The van der Waals surface area contributed by atoms with Gasteiger partial charge in [-0.2, -0.15) is 14.0 Å². The van der Waals surface area contributed by atoms with Crippen molar-refractivity contribution >= 4 is 19.7 Å². The predicted molar refractivity (Wildman–Crippen MR) is 52.5 cm³/mol. The SMILES string of the molecule is N#Cc1cc(O)c(S(=O)(=O)Cl)cc1OC(F)F. The number of rotatable bonds is 3. The summed E-state index contributed by atoms with van der Waals surface area (Å²) in [7, 11) is 0.625. The van der Waals surface area contributed by atoms with Gasteiger partial charge < -0.3 is 9.84 Å². The standard InChI is InChI=1S/C8H4ClF2NO4S/c9-17(14,15)7-2-6(16-8(10)11)4(3-12)1-5(7)13/h1-2,8,13H. The van der Waals surface area contributed by atoms with E-state index in [-0.39, 0.29) is 0 Å². The van der Waals surface area contributed by atoms with Crippen molar-refractivity contribution in [3.8, 4) is 17.6 Å². The van der Waals surface area contributed by atoms with Crippen molar-refractivity contribution in [1.82, 2.24) is 0 Å². The number of hydrogen-bond acceptors (Lipinski definition) is 5. The Labute approximate surface area is 99.2 Å². The van der Waals surface area contributed by atoms with E-state index in [0.717, 1.165) is 0 Å². The summed E-state index contributed by atoms with van der Waals surface area (Å²) in [6.07, 6.45) is 0. The molecule has 0 heterocycles. The number of ether oxygens (including phenoxy) is 1. The molecule has 0 aliphatic rings. The summed E-state index contributed by atoms with van der Waals surface area (Å²) in [5.74, 6) is -1.50. The molecule has 17 heavy (non-hydrogen) atoms. The van der Waals surface area contributed by atoms with E-state index < -0.39 is 37.6 Å². The average molecular weight is 284 g/mol. The van der Waals surface area contributed by atoms with Crippen molar-refractivity contribution in [2.24, 2.45) is 0 Å². The third kappa shape index (κ3) is 3.18. The summed E-state index contributed by atoms with van der Waals surface area (Å²) in [4.78, 5) is -0.811. The Morgan fingerprint density at radius 2 is 2.06 bits per heavy atom. The van der Waals surface area contributed by atoms with Crippen LogP contribution < -0.4 is 4.74 Å². The minimum atomic E-state index is -4.33. The molecule has 0 saturated carbocycles. The Bertz CT molecular complexity index is 582. The molecule has 1 N–H and O–H groups in total. The Morgan fingerprint density at radius 1 is 1.47 bits per heavy atom. The molecule has 0 aliphatic carbocycles. The van der Waals surface area contributed by atoms with Crippen LogP contribution in [0.15, 0.2) is 17.0 Å². The number of nitrogens with zero attached hydrogens (tertiary/aromatic N) is 1. The van der Waals surface area contributed by atoms with Crippen LogP contribution in [0.25, 0.3) is 0 Å². The molecule has 0 radical (unpaired) electrons. The molecule has 0 saturated heterocycles. The summed E-state index contributed by atoms with van der Waals surface area (Å²) in [6.45, 7) is -3.24. The van der Waals surface area contributed by atoms with Gasteiger partial charge in [-0.05, 0) is 0 Å². The summed E-state index contributed by atoms with van der Waals surface area (Å²) < 4.78 is 49.9. The number of phenolic OH excluding ortho intramolecular Hbond substituents is 1. The Kier molecular flexibility index (Phi) is 3.75. The van der Waals surface area contributed by atoms with Crippen LogP contribution >= 0.6 is 10.7 Å². The molecule has 0 atom stereocenters. The molecule has 1 aromatic carbocycles. The van der Waals surface area contributed by atoms with Crippen molar-refractivity contribution < 1.29 is 27.0 Å². The Hall–Kier alpha value is -1.59. The number of phenols is 1. The van der Waals surface area contributed by atoms with E-state index in [1.165, 1.54) is 6.07 Å². The molecule has 5 nitrogen and oxygen atoms in total.